The molecular weight excluding hydrogens is 318 g/mol. The second kappa shape index (κ2) is 6.46. The van der Waals surface area contributed by atoms with E-state index in [9.17, 15) is 4.79 Å². The van der Waals surface area contributed by atoms with Crippen molar-refractivity contribution in [1.29, 1.82) is 0 Å². The van der Waals surface area contributed by atoms with Gasteiger partial charge in [0.1, 0.15) is 12.3 Å². The Bertz CT molecular complexity index is 766. The van der Waals surface area contributed by atoms with Crippen LogP contribution in [0.4, 0.5) is 0 Å². The van der Waals surface area contributed by atoms with Crippen LogP contribution >= 0.6 is 0 Å². The van der Waals surface area contributed by atoms with Crippen LogP contribution in [0.15, 0.2) is 24.3 Å². The van der Waals surface area contributed by atoms with E-state index in [0.29, 0.717) is 23.8 Å². The number of ether oxygens (including phenoxy) is 1. The molecule has 25 heavy (non-hydrogen) atoms. The number of carbonyl (C=O) groups is 1. The van der Waals surface area contributed by atoms with Crippen LogP contribution in [0.25, 0.3) is 11.4 Å². The zero-order valence-electron chi connectivity index (χ0n) is 14.6. The van der Waals surface area contributed by atoms with Crippen LogP contribution in [-0.4, -0.2) is 50.2 Å². The topological polar surface area (TPSA) is 73.1 Å². The van der Waals surface area contributed by atoms with Crippen molar-refractivity contribution in [3.05, 3.63) is 24.3 Å². The summed E-state index contributed by atoms with van der Waals surface area (Å²) in [5.41, 5.74) is 0.823. The maximum atomic E-state index is 12.8. The van der Waals surface area contributed by atoms with E-state index in [4.69, 9.17) is 4.74 Å². The van der Waals surface area contributed by atoms with E-state index < -0.39 is 0 Å². The first-order valence-corrected chi connectivity index (χ1v) is 8.89. The summed E-state index contributed by atoms with van der Waals surface area (Å²) in [6.45, 7) is 2.31. The number of rotatable bonds is 7. The quantitative estimate of drug-likeness (QED) is 0.771. The molecule has 0 saturated heterocycles. The highest BCUT2D eigenvalue weighted by atomic mass is 16.5. The van der Waals surface area contributed by atoms with Gasteiger partial charge in [0, 0.05) is 17.6 Å². The van der Waals surface area contributed by atoms with Crippen molar-refractivity contribution in [1.82, 2.24) is 25.1 Å². The predicted octanol–water partition coefficient (Wildman–Crippen LogP) is 2.14. The molecule has 2 aromatic rings. The number of nitrogens with zero attached hydrogens (tertiary/aromatic N) is 5. The van der Waals surface area contributed by atoms with Crippen molar-refractivity contribution in [2.75, 3.05) is 7.11 Å². The molecule has 132 valence electrons. The van der Waals surface area contributed by atoms with Gasteiger partial charge < -0.3 is 9.64 Å². The number of methoxy groups -OCH3 is 1. The zero-order valence-corrected chi connectivity index (χ0v) is 14.6. The van der Waals surface area contributed by atoms with Gasteiger partial charge in [0.05, 0.1) is 7.11 Å². The molecule has 1 amide bonds. The molecule has 2 saturated carbocycles. The summed E-state index contributed by atoms with van der Waals surface area (Å²) in [6.07, 6.45) is 4.70. The molecule has 4 rings (SSSR count). The first-order valence-electron chi connectivity index (χ1n) is 8.89. The fourth-order valence-corrected chi connectivity index (χ4v) is 3.31. The highest BCUT2D eigenvalue weighted by molar-refractivity contribution is 5.77. The normalized spacial score (nSPS) is 18.0. The lowest BCUT2D eigenvalue weighted by Gasteiger charge is -2.29. The smallest absolute Gasteiger partial charge is 0.246 e. The molecule has 0 N–H and O–H groups in total. The van der Waals surface area contributed by atoms with Gasteiger partial charge in [-0.3, -0.25) is 4.79 Å². The molecule has 0 unspecified atom stereocenters. The third kappa shape index (κ3) is 3.50. The van der Waals surface area contributed by atoms with Gasteiger partial charge in [-0.1, -0.05) is 12.1 Å². The molecule has 2 aliphatic carbocycles. The first kappa shape index (κ1) is 16.1. The standard InChI is InChI=1S/C18H23N5O2/c1-12(13-6-7-13)23(15-8-9-15)17(24)11-22-20-18(19-21-22)14-4-3-5-16(10-14)25-2/h3-5,10,12-13,15H,6-9,11H2,1-2H3/t12-/m0/s1. The summed E-state index contributed by atoms with van der Waals surface area (Å²) < 4.78 is 5.22. The average Bonchev–Trinajstić information content (AvgIpc) is 3.54. The van der Waals surface area contributed by atoms with Gasteiger partial charge in [-0.15, -0.1) is 10.2 Å². The van der Waals surface area contributed by atoms with E-state index >= 15 is 0 Å². The number of tetrazole rings is 1. The maximum Gasteiger partial charge on any atom is 0.246 e. The number of hydrogen-bond donors (Lipinski definition) is 0. The Morgan fingerprint density at radius 2 is 2.16 bits per heavy atom. The fraction of sp³-hybridized carbons (Fsp3) is 0.556. The molecule has 1 aromatic carbocycles. The molecule has 2 fully saturated rings. The van der Waals surface area contributed by atoms with Gasteiger partial charge >= 0.3 is 0 Å². The molecule has 1 atom stereocenters. The molecule has 2 aliphatic rings. The summed E-state index contributed by atoms with van der Waals surface area (Å²) in [5, 5.41) is 12.5. The minimum absolute atomic E-state index is 0.0940. The second-order valence-corrected chi connectivity index (χ2v) is 6.99. The predicted molar refractivity (Wildman–Crippen MR) is 91.9 cm³/mol. The zero-order chi connectivity index (χ0) is 17.4. The summed E-state index contributed by atoms with van der Waals surface area (Å²) in [7, 11) is 1.62. The van der Waals surface area contributed by atoms with Crippen molar-refractivity contribution in [3.8, 4) is 17.1 Å². The Kier molecular flexibility index (Phi) is 4.15. The lowest BCUT2D eigenvalue weighted by atomic mass is 10.1. The summed E-state index contributed by atoms with van der Waals surface area (Å²) >= 11 is 0. The van der Waals surface area contributed by atoms with Crippen LogP contribution < -0.4 is 4.74 Å². The Hall–Kier alpha value is -2.44. The van der Waals surface area contributed by atoms with Gasteiger partial charge in [-0.2, -0.15) is 4.80 Å². The van der Waals surface area contributed by atoms with E-state index in [1.807, 2.05) is 24.3 Å². The second-order valence-electron chi connectivity index (χ2n) is 6.99. The largest absolute Gasteiger partial charge is 0.497 e. The van der Waals surface area contributed by atoms with Gasteiger partial charge in [0.25, 0.3) is 0 Å². The van der Waals surface area contributed by atoms with Gasteiger partial charge in [-0.05, 0) is 55.9 Å². The van der Waals surface area contributed by atoms with Crippen LogP contribution in [-0.2, 0) is 11.3 Å². The van der Waals surface area contributed by atoms with Crippen molar-refractivity contribution < 1.29 is 9.53 Å². The van der Waals surface area contributed by atoms with Crippen molar-refractivity contribution in [3.63, 3.8) is 0 Å². The minimum Gasteiger partial charge on any atom is -0.497 e. The Labute approximate surface area is 147 Å². The van der Waals surface area contributed by atoms with E-state index in [-0.39, 0.29) is 12.5 Å². The molecule has 1 heterocycles. The van der Waals surface area contributed by atoms with Crippen molar-refractivity contribution in [2.45, 2.75) is 51.2 Å². The molecule has 0 spiro atoms. The lowest BCUT2D eigenvalue weighted by molar-refractivity contribution is -0.135. The maximum absolute atomic E-state index is 12.8. The monoisotopic (exact) mass is 341 g/mol. The van der Waals surface area contributed by atoms with Gasteiger partial charge in [0.2, 0.25) is 11.7 Å². The Morgan fingerprint density at radius 1 is 1.36 bits per heavy atom. The molecule has 1 aromatic heterocycles. The average molecular weight is 341 g/mol. The molecule has 0 bridgehead atoms. The van der Waals surface area contributed by atoms with E-state index in [1.165, 1.54) is 17.6 Å². The van der Waals surface area contributed by atoms with Crippen LogP contribution in [0.1, 0.15) is 32.6 Å². The van der Waals surface area contributed by atoms with Crippen LogP contribution in [0.3, 0.4) is 0 Å². The molecule has 7 nitrogen and oxygen atoms in total. The SMILES string of the molecule is COc1cccc(-c2nnn(CC(=O)N(C3CC3)[C@@H](C)C3CC3)n2)c1. The summed E-state index contributed by atoms with van der Waals surface area (Å²) in [4.78, 5) is 16.2. The number of amides is 1. The summed E-state index contributed by atoms with van der Waals surface area (Å²) in [6, 6.07) is 8.23. The van der Waals surface area contributed by atoms with Crippen LogP contribution in [0.2, 0.25) is 0 Å². The number of aromatic nitrogens is 4. The molecule has 7 heteroatoms. The van der Waals surface area contributed by atoms with E-state index in [2.05, 4.69) is 27.2 Å². The minimum atomic E-state index is 0.0940. The fourth-order valence-electron chi connectivity index (χ4n) is 3.31. The first-order chi connectivity index (χ1) is 12.2. The third-order valence-corrected chi connectivity index (χ3v) is 5.03. The van der Waals surface area contributed by atoms with Crippen molar-refractivity contribution in [2.24, 2.45) is 5.92 Å². The Balaban J connectivity index is 1.47. The van der Waals surface area contributed by atoms with Gasteiger partial charge in [-0.25, -0.2) is 0 Å². The molecule has 0 radical (unpaired) electrons. The van der Waals surface area contributed by atoms with Gasteiger partial charge in [0.15, 0.2) is 0 Å². The number of benzene rings is 1. The molecule has 0 aliphatic heterocycles. The lowest BCUT2D eigenvalue weighted by Crippen LogP contribution is -2.43. The third-order valence-electron chi connectivity index (χ3n) is 5.03. The summed E-state index contributed by atoms with van der Waals surface area (Å²) in [5.74, 6) is 2.00. The van der Waals surface area contributed by atoms with Crippen molar-refractivity contribution >= 4 is 5.91 Å². The highest BCUT2D eigenvalue weighted by Gasteiger charge is 2.41. The molecular formula is C18H23N5O2. The van der Waals surface area contributed by atoms with Crippen LogP contribution in [0, 0.1) is 5.92 Å². The Morgan fingerprint density at radius 3 is 2.84 bits per heavy atom. The van der Waals surface area contributed by atoms with Crippen LogP contribution in [0.5, 0.6) is 5.75 Å². The van der Waals surface area contributed by atoms with E-state index in [1.54, 1.807) is 7.11 Å². The van der Waals surface area contributed by atoms with E-state index in [0.717, 1.165) is 24.2 Å². The highest BCUT2D eigenvalue weighted by Crippen LogP contribution is 2.39. The number of carbonyl (C=O) groups excluding carboxylic acids is 1. The number of hydrogen-bond acceptors (Lipinski definition) is 5.